The third-order valence-electron chi connectivity index (χ3n) is 3.99. The summed E-state index contributed by atoms with van der Waals surface area (Å²) in [4.78, 5) is 2.53. The van der Waals surface area contributed by atoms with E-state index in [1.54, 1.807) is 0 Å². The van der Waals surface area contributed by atoms with Gasteiger partial charge in [-0.1, -0.05) is 45.9 Å². The zero-order chi connectivity index (χ0) is 14.8. The van der Waals surface area contributed by atoms with E-state index < -0.39 is 0 Å². The Bertz CT molecular complexity index is 329. The fourth-order valence-corrected chi connectivity index (χ4v) is 2.65. The summed E-state index contributed by atoms with van der Waals surface area (Å²) in [5.41, 5.74) is 0. The summed E-state index contributed by atoms with van der Waals surface area (Å²) in [6.45, 7) is 13.0. The Labute approximate surface area is 125 Å². The van der Waals surface area contributed by atoms with Gasteiger partial charge in [-0.2, -0.15) is 0 Å². The number of likely N-dealkylation sites (tertiary alicyclic amines) is 1. The van der Waals surface area contributed by atoms with Gasteiger partial charge in [-0.3, -0.25) is 4.90 Å². The Morgan fingerprint density at radius 1 is 1.10 bits per heavy atom. The van der Waals surface area contributed by atoms with E-state index in [0.29, 0.717) is 0 Å². The van der Waals surface area contributed by atoms with Crippen LogP contribution in [0.1, 0.15) is 40.5 Å². The van der Waals surface area contributed by atoms with Crippen LogP contribution in [0.2, 0.25) is 0 Å². The Hall–Kier alpha value is -1.02. The molecule has 2 rings (SSSR count). The van der Waals surface area contributed by atoms with Crippen molar-refractivity contribution in [3.05, 3.63) is 30.3 Å². The van der Waals surface area contributed by atoms with Crippen molar-refractivity contribution < 1.29 is 4.74 Å². The van der Waals surface area contributed by atoms with E-state index >= 15 is 0 Å². The van der Waals surface area contributed by atoms with E-state index in [2.05, 4.69) is 18.7 Å². The number of para-hydroxylation sites is 1. The second-order valence-corrected chi connectivity index (χ2v) is 5.58. The molecule has 0 amide bonds. The summed E-state index contributed by atoms with van der Waals surface area (Å²) in [6.07, 6.45) is 2.70. The monoisotopic (exact) mass is 277 g/mol. The van der Waals surface area contributed by atoms with Crippen LogP contribution >= 0.6 is 0 Å². The Morgan fingerprint density at radius 3 is 2.25 bits per heavy atom. The molecule has 114 valence electrons. The van der Waals surface area contributed by atoms with E-state index in [1.165, 1.54) is 25.9 Å². The average molecular weight is 277 g/mol. The minimum Gasteiger partial charge on any atom is -0.492 e. The molecule has 1 aromatic rings. The summed E-state index contributed by atoms with van der Waals surface area (Å²) >= 11 is 0. The van der Waals surface area contributed by atoms with Crippen molar-refractivity contribution in [3.63, 3.8) is 0 Å². The molecule has 0 N–H and O–H groups in total. The molecular weight excluding hydrogens is 246 g/mol. The molecule has 2 nitrogen and oxygen atoms in total. The molecule has 0 radical (unpaired) electrons. The highest BCUT2D eigenvalue weighted by Gasteiger charge is 2.20. The van der Waals surface area contributed by atoms with Gasteiger partial charge in [0.15, 0.2) is 0 Å². The molecule has 1 aliphatic heterocycles. The second kappa shape index (κ2) is 9.82. The Morgan fingerprint density at radius 2 is 1.70 bits per heavy atom. The van der Waals surface area contributed by atoms with Gasteiger partial charge in [0.1, 0.15) is 12.4 Å². The smallest absolute Gasteiger partial charge is 0.119 e. The number of hydrogen-bond donors (Lipinski definition) is 0. The van der Waals surface area contributed by atoms with Gasteiger partial charge in [0.2, 0.25) is 0 Å². The second-order valence-electron chi connectivity index (χ2n) is 5.58. The van der Waals surface area contributed by atoms with Crippen molar-refractivity contribution in [3.8, 4) is 5.75 Å². The van der Waals surface area contributed by atoms with Crippen LogP contribution < -0.4 is 4.74 Å². The number of nitrogens with zero attached hydrogens (tertiary/aromatic N) is 1. The lowest BCUT2D eigenvalue weighted by Crippen LogP contribution is -2.37. The highest BCUT2D eigenvalue weighted by atomic mass is 16.5. The molecule has 0 unspecified atom stereocenters. The lowest BCUT2D eigenvalue weighted by molar-refractivity contribution is 0.137. The molecular formula is C18H31NO. The van der Waals surface area contributed by atoms with E-state index in [1.807, 2.05) is 44.2 Å². The van der Waals surface area contributed by atoms with Crippen molar-refractivity contribution in [2.24, 2.45) is 11.8 Å². The number of benzene rings is 1. The average Bonchev–Trinajstić information content (AvgIpc) is 2.51. The predicted molar refractivity (Wildman–Crippen MR) is 87.3 cm³/mol. The molecule has 0 aliphatic carbocycles. The van der Waals surface area contributed by atoms with Gasteiger partial charge in [0.25, 0.3) is 0 Å². The minimum absolute atomic E-state index is 0.802. The quantitative estimate of drug-likeness (QED) is 0.788. The summed E-state index contributed by atoms with van der Waals surface area (Å²) in [6, 6.07) is 10.1. The molecule has 0 bridgehead atoms. The molecule has 1 aliphatic rings. The molecule has 0 spiro atoms. The molecule has 0 aromatic heterocycles. The van der Waals surface area contributed by atoms with Crippen LogP contribution in [0.25, 0.3) is 0 Å². The molecule has 1 saturated heterocycles. The molecule has 20 heavy (non-hydrogen) atoms. The number of ether oxygens (including phenoxy) is 1. The maximum absolute atomic E-state index is 5.74. The largest absolute Gasteiger partial charge is 0.492 e. The summed E-state index contributed by atoms with van der Waals surface area (Å²) in [7, 11) is 0. The van der Waals surface area contributed by atoms with Crippen molar-refractivity contribution >= 4 is 0 Å². The van der Waals surface area contributed by atoms with Crippen LogP contribution in [-0.2, 0) is 0 Å². The van der Waals surface area contributed by atoms with Gasteiger partial charge in [0, 0.05) is 6.54 Å². The first kappa shape index (κ1) is 17.0. The first-order valence-corrected chi connectivity index (χ1v) is 8.16. The van der Waals surface area contributed by atoms with Gasteiger partial charge in [-0.05, 0) is 49.9 Å². The van der Waals surface area contributed by atoms with Crippen molar-refractivity contribution in [1.29, 1.82) is 0 Å². The molecule has 1 aromatic carbocycles. The zero-order valence-corrected chi connectivity index (χ0v) is 13.6. The van der Waals surface area contributed by atoms with Crippen LogP contribution in [0, 0.1) is 11.8 Å². The van der Waals surface area contributed by atoms with Crippen LogP contribution in [0.4, 0.5) is 0 Å². The van der Waals surface area contributed by atoms with Gasteiger partial charge in [0.05, 0.1) is 0 Å². The molecule has 1 fully saturated rings. The zero-order valence-electron chi connectivity index (χ0n) is 13.6. The van der Waals surface area contributed by atoms with Gasteiger partial charge >= 0.3 is 0 Å². The normalized spacial score (nSPS) is 16.6. The highest BCUT2D eigenvalue weighted by Crippen LogP contribution is 2.24. The van der Waals surface area contributed by atoms with Gasteiger partial charge in [-0.15, -0.1) is 0 Å². The summed E-state index contributed by atoms with van der Waals surface area (Å²) < 4.78 is 5.74. The molecule has 2 heteroatoms. The fraction of sp³-hybridized carbons (Fsp3) is 0.667. The van der Waals surface area contributed by atoms with E-state index in [9.17, 15) is 0 Å². The standard InChI is InChI=1S/C16H25NO.C2H6/c1-14(2)15-8-10-17(11-9-15)12-13-18-16-6-4-3-5-7-16;1-2/h3-7,14-15H,8-13H2,1-2H3;1-2H3. The van der Waals surface area contributed by atoms with Crippen LogP contribution in [-0.4, -0.2) is 31.1 Å². The van der Waals surface area contributed by atoms with E-state index in [0.717, 1.165) is 30.7 Å². The third-order valence-corrected chi connectivity index (χ3v) is 3.99. The van der Waals surface area contributed by atoms with Gasteiger partial charge in [-0.25, -0.2) is 0 Å². The molecule has 0 saturated carbocycles. The Kier molecular flexibility index (Phi) is 8.36. The maximum atomic E-state index is 5.74. The maximum Gasteiger partial charge on any atom is 0.119 e. The molecule has 1 heterocycles. The summed E-state index contributed by atoms with van der Waals surface area (Å²) in [5.74, 6) is 2.75. The first-order chi connectivity index (χ1) is 9.75. The number of piperidine rings is 1. The minimum atomic E-state index is 0.802. The van der Waals surface area contributed by atoms with Crippen LogP contribution in [0.15, 0.2) is 30.3 Å². The summed E-state index contributed by atoms with van der Waals surface area (Å²) in [5, 5.41) is 0. The predicted octanol–water partition coefficient (Wildman–Crippen LogP) is 4.46. The van der Waals surface area contributed by atoms with Gasteiger partial charge < -0.3 is 4.74 Å². The number of hydrogen-bond acceptors (Lipinski definition) is 2. The topological polar surface area (TPSA) is 12.5 Å². The van der Waals surface area contributed by atoms with Crippen molar-refractivity contribution in [1.82, 2.24) is 4.90 Å². The Balaban J connectivity index is 0.000000956. The van der Waals surface area contributed by atoms with Crippen molar-refractivity contribution in [2.75, 3.05) is 26.2 Å². The first-order valence-electron chi connectivity index (χ1n) is 8.16. The van der Waals surface area contributed by atoms with E-state index in [-0.39, 0.29) is 0 Å². The van der Waals surface area contributed by atoms with Crippen LogP contribution in [0.3, 0.4) is 0 Å². The lowest BCUT2D eigenvalue weighted by Gasteiger charge is -2.33. The SMILES string of the molecule is CC.CC(C)C1CCN(CCOc2ccccc2)CC1. The van der Waals surface area contributed by atoms with Crippen LogP contribution in [0.5, 0.6) is 5.75 Å². The van der Waals surface area contributed by atoms with E-state index in [4.69, 9.17) is 4.74 Å². The molecule has 0 atom stereocenters. The third kappa shape index (κ3) is 5.96. The van der Waals surface area contributed by atoms with Crippen molar-refractivity contribution in [2.45, 2.75) is 40.5 Å². The lowest BCUT2D eigenvalue weighted by atomic mass is 9.87. The highest BCUT2D eigenvalue weighted by molar-refractivity contribution is 5.20. The number of rotatable bonds is 5. The fourth-order valence-electron chi connectivity index (χ4n) is 2.65.